The molecule has 0 heterocycles. The molecule has 0 heteroatoms. The number of allylic oxidation sites excluding steroid dienone is 2. The Bertz CT molecular complexity index is 358. The highest BCUT2D eigenvalue weighted by molar-refractivity contribution is 5.70. The van der Waals surface area contributed by atoms with Crippen LogP contribution in [0.5, 0.6) is 0 Å². The maximum Gasteiger partial charge on any atom is -0.0193 e. The minimum atomic E-state index is 1.23. The Balaban J connectivity index is 2.40. The van der Waals surface area contributed by atoms with Crippen molar-refractivity contribution in [2.75, 3.05) is 0 Å². The molecule has 0 amide bonds. The van der Waals surface area contributed by atoms with Crippen molar-refractivity contribution in [2.24, 2.45) is 0 Å². The minimum Gasteiger partial charge on any atom is -0.0804 e. The zero-order valence-electron chi connectivity index (χ0n) is 9.14. The van der Waals surface area contributed by atoms with Crippen LogP contribution in [-0.2, 0) is 6.42 Å². The normalized spacial score (nSPS) is 14.9. The van der Waals surface area contributed by atoms with Crippen LogP contribution in [0.2, 0.25) is 0 Å². The second kappa shape index (κ2) is 4.00. The Kier molecular flexibility index (Phi) is 2.72. The van der Waals surface area contributed by atoms with Crippen molar-refractivity contribution in [1.82, 2.24) is 0 Å². The monoisotopic (exact) mass is 186 g/mol. The molecule has 0 saturated carbocycles. The maximum absolute atomic E-state index is 2.42. The zero-order chi connectivity index (χ0) is 9.97. The van der Waals surface area contributed by atoms with Crippen LogP contribution in [0.25, 0.3) is 5.57 Å². The molecule has 1 aliphatic rings. The van der Waals surface area contributed by atoms with Gasteiger partial charge in [0.15, 0.2) is 0 Å². The van der Waals surface area contributed by atoms with E-state index in [9.17, 15) is 0 Å². The molecule has 0 unspecified atom stereocenters. The van der Waals surface area contributed by atoms with Crippen LogP contribution in [0.1, 0.15) is 42.9 Å². The molecule has 1 aliphatic carbocycles. The van der Waals surface area contributed by atoms with Gasteiger partial charge in [0.05, 0.1) is 0 Å². The molecule has 14 heavy (non-hydrogen) atoms. The molecule has 74 valence electrons. The van der Waals surface area contributed by atoms with Gasteiger partial charge in [-0.25, -0.2) is 0 Å². The van der Waals surface area contributed by atoms with Gasteiger partial charge in [0.1, 0.15) is 0 Å². The smallest absolute Gasteiger partial charge is 0.0193 e. The lowest BCUT2D eigenvalue weighted by Crippen LogP contribution is -2.00. The lowest BCUT2D eigenvalue weighted by atomic mass is 9.88. The fraction of sp³-hybridized carbons (Fsp3) is 0.429. The number of benzene rings is 1. The van der Waals surface area contributed by atoms with Crippen molar-refractivity contribution in [3.8, 4) is 0 Å². The Morgan fingerprint density at radius 3 is 2.93 bits per heavy atom. The summed E-state index contributed by atoms with van der Waals surface area (Å²) in [6, 6.07) is 6.87. The highest BCUT2D eigenvalue weighted by Crippen LogP contribution is 2.30. The molecule has 1 aromatic rings. The first-order valence-electron chi connectivity index (χ1n) is 5.60. The summed E-state index contributed by atoms with van der Waals surface area (Å²) in [7, 11) is 0. The molecule has 1 aromatic carbocycles. The van der Waals surface area contributed by atoms with Crippen LogP contribution < -0.4 is 0 Å². The molecular weight excluding hydrogens is 168 g/mol. The van der Waals surface area contributed by atoms with Crippen LogP contribution in [0.15, 0.2) is 24.3 Å². The molecule has 0 bridgehead atoms. The quantitative estimate of drug-likeness (QED) is 0.651. The fourth-order valence-corrected chi connectivity index (χ4v) is 2.23. The lowest BCUT2D eigenvalue weighted by molar-refractivity contribution is 0.919. The standard InChI is InChI=1S/C14H18/c1-3-5-12-6-4-7-13-9-8-11(2)10-14(12)13/h6,8-10H,3-5,7H2,1-2H3. The Labute approximate surface area is 86.7 Å². The number of rotatable bonds is 2. The molecular formula is C14H18. The van der Waals surface area contributed by atoms with Crippen LogP contribution in [0, 0.1) is 6.92 Å². The van der Waals surface area contributed by atoms with E-state index in [2.05, 4.69) is 38.1 Å². The fourth-order valence-electron chi connectivity index (χ4n) is 2.23. The molecule has 0 aliphatic heterocycles. The van der Waals surface area contributed by atoms with Crippen molar-refractivity contribution in [3.63, 3.8) is 0 Å². The first-order valence-corrected chi connectivity index (χ1v) is 5.60. The van der Waals surface area contributed by atoms with E-state index < -0.39 is 0 Å². The number of hydrogen-bond acceptors (Lipinski definition) is 0. The lowest BCUT2D eigenvalue weighted by Gasteiger charge is -2.18. The van der Waals surface area contributed by atoms with E-state index in [1.807, 2.05) is 0 Å². The van der Waals surface area contributed by atoms with Gasteiger partial charge in [-0.3, -0.25) is 0 Å². The SMILES string of the molecule is CCCC1=CCCc2ccc(C)cc21. The van der Waals surface area contributed by atoms with Crippen LogP contribution in [0.4, 0.5) is 0 Å². The molecule has 0 fully saturated rings. The molecule has 0 aromatic heterocycles. The van der Waals surface area contributed by atoms with E-state index in [0.717, 1.165) is 0 Å². The first-order chi connectivity index (χ1) is 6.81. The van der Waals surface area contributed by atoms with Gasteiger partial charge in [-0.2, -0.15) is 0 Å². The van der Waals surface area contributed by atoms with Crippen LogP contribution >= 0.6 is 0 Å². The van der Waals surface area contributed by atoms with Gasteiger partial charge in [-0.15, -0.1) is 0 Å². The van der Waals surface area contributed by atoms with E-state index in [4.69, 9.17) is 0 Å². The van der Waals surface area contributed by atoms with Gasteiger partial charge in [-0.1, -0.05) is 43.2 Å². The third kappa shape index (κ3) is 1.75. The molecule has 0 N–H and O–H groups in total. The van der Waals surface area contributed by atoms with Crippen molar-refractivity contribution < 1.29 is 0 Å². The maximum atomic E-state index is 2.42. The summed E-state index contributed by atoms with van der Waals surface area (Å²) in [4.78, 5) is 0. The first kappa shape index (κ1) is 9.51. The van der Waals surface area contributed by atoms with Crippen molar-refractivity contribution in [2.45, 2.75) is 39.5 Å². The summed E-state index contributed by atoms with van der Waals surface area (Å²) >= 11 is 0. The molecule has 0 atom stereocenters. The predicted octanol–water partition coefficient (Wildman–Crippen LogP) is 4.12. The van der Waals surface area contributed by atoms with Crippen molar-refractivity contribution in [3.05, 3.63) is 41.0 Å². The van der Waals surface area contributed by atoms with Gasteiger partial charge in [0.2, 0.25) is 0 Å². The summed E-state index contributed by atoms with van der Waals surface area (Å²) in [5.41, 5.74) is 6.00. The van der Waals surface area contributed by atoms with E-state index >= 15 is 0 Å². The summed E-state index contributed by atoms with van der Waals surface area (Å²) in [6.45, 7) is 4.43. The number of fused-ring (bicyclic) bond motifs is 1. The number of aryl methyl sites for hydroxylation is 2. The largest absolute Gasteiger partial charge is 0.0804 e. The second-order valence-corrected chi connectivity index (χ2v) is 4.18. The Morgan fingerprint density at radius 1 is 1.29 bits per heavy atom. The van der Waals surface area contributed by atoms with Crippen LogP contribution in [0.3, 0.4) is 0 Å². The average molecular weight is 186 g/mol. The minimum absolute atomic E-state index is 1.23. The highest BCUT2D eigenvalue weighted by atomic mass is 14.2. The second-order valence-electron chi connectivity index (χ2n) is 4.18. The van der Waals surface area contributed by atoms with Gasteiger partial charge in [-0.05, 0) is 42.9 Å². The average Bonchev–Trinajstić information content (AvgIpc) is 2.19. The van der Waals surface area contributed by atoms with Gasteiger partial charge >= 0.3 is 0 Å². The van der Waals surface area contributed by atoms with E-state index in [1.165, 1.54) is 36.8 Å². The molecule has 0 radical (unpaired) electrons. The van der Waals surface area contributed by atoms with Gasteiger partial charge in [0, 0.05) is 0 Å². The van der Waals surface area contributed by atoms with Gasteiger partial charge in [0.25, 0.3) is 0 Å². The van der Waals surface area contributed by atoms with E-state index in [1.54, 1.807) is 11.1 Å². The summed E-state index contributed by atoms with van der Waals surface area (Å²) < 4.78 is 0. The third-order valence-electron chi connectivity index (χ3n) is 2.94. The van der Waals surface area contributed by atoms with E-state index in [0.29, 0.717) is 0 Å². The van der Waals surface area contributed by atoms with Crippen molar-refractivity contribution >= 4 is 5.57 Å². The predicted molar refractivity (Wildman–Crippen MR) is 62.4 cm³/mol. The van der Waals surface area contributed by atoms with Crippen molar-refractivity contribution in [1.29, 1.82) is 0 Å². The summed E-state index contributed by atoms with van der Waals surface area (Å²) in [5.74, 6) is 0. The Hall–Kier alpha value is -1.04. The molecule has 0 nitrogen and oxygen atoms in total. The number of hydrogen-bond donors (Lipinski definition) is 0. The summed E-state index contributed by atoms with van der Waals surface area (Å²) in [5, 5.41) is 0. The van der Waals surface area contributed by atoms with Gasteiger partial charge < -0.3 is 0 Å². The highest BCUT2D eigenvalue weighted by Gasteiger charge is 2.11. The van der Waals surface area contributed by atoms with Crippen LogP contribution in [-0.4, -0.2) is 0 Å². The Morgan fingerprint density at radius 2 is 2.14 bits per heavy atom. The third-order valence-corrected chi connectivity index (χ3v) is 2.94. The topological polar surface area (TPSA) is 0 Å². The summed E-state index contributed by atoms with van der Waals surface area (Å²) in [6.07, 6.45) is 7.36. The molecule has 0 saturated heterocycles. The molecule has 0 spiro atoms. The zero-order valence-corrected chi connectivity index (χ0v) is 9.14. The molecule has 2 rings (SSSR count). The van der Waals surface area contributed by atoms with E-state index in [-0.39, 0.29) is 0 Å².